The third-order valence-electron chi connectivity index (χ3n) is 3.08. The number of rotatable bonds is 3. The zero-order valence-corrected chi connectivity index (χ0v) is 10.3. The van der Waals surface area contributed by atoms with Gasteiger partial charge < -0.3 is 10.3 Å². The average molecular weight is 231 g/mol. The molecule has 0 aliphatic heterocycles. The molecule has 0 amide bonds. The number of aromatic nitrogens is 2. The zero-order chi connectivity index (χ0) is 12.4. The predicted molar refractivity (Wildman–Crippen MR) is 67.4 cm³/mol. The van der Waals surface area contributed by atoms with Gasteiger partial charge in [0.05, 0.1) is 11.3 Å². The van der Waals surface area contributed by atoms with Crippen LogP contribution in [0.1, 0.15) is 32.4 Å². The average Bonchev–Trinajstić information content (AvgIpc) is 2.71. The highest BCUT2D eigenvalue weighted by Crippen LogP contribution is 2.35. The van der Waals surface area contributed by atoms with Crippen LogP contribution in [0.15, 0.2) is 28.9 Å². The van der Waals surface area contributed by atoms with Gasteiger partial charge in [-0.3, -0.25) is 4.98 Å². The van der Waals surface area contributed by atoms with Crippen LogP contribution in [-0.2, 0) is 0 Å². The molecule has 2 rings (SSSR count). The lowest BCUT2D eigenvalue weighted by molar-refractivity contribution is 0.341. The Balaban J connectivity index is 2.51. The topological polar surface area (TPSA) is 64.9 Å². The van der Waals surface area contributed by atoms with E-state index in [9.17, 15) is 0 Å². The fourth-order valence-electron chi connectivity index (χ4n) is 1.70. The molecule has 0 bridgehead atoms. The summed E-state index contributed by atoms with van der Waals surface area (Å²) < 4.78 is 5.36. The largest absolute Gasteiger partial charge is 0.380 e. The minimum absolute atomic E-state index is 0.261. The molecule has 0 saturated heterocycles. The summed E-state index contributed by atoms with van der Waals surface area (Å²) in [6, 6.07) is 5.72. The molecule has 0 aliphatic rings. The molecule has 1 atom stereocenters. The van der Waals surface area contributed by atoms with E-state index in [4.69, 9.17) is 10.3 Å². The third kappa shape index (κ3) is 2.16. The first-order valence-electron chi connectivity index (χ1n) is 5.77. The van der Waals surface area contributed by atoms with Gasteiger partial charge in [-0.15, -0.1) is 0 Å². The molecule has 90 valence electrons. The molecule has 4 heteroatoms. The standard InChI is InChI=1S/C13H17N3O/c1-8(2)9(3)12-11(13(14)16-17-12)10-6-4-5-7-15-10/h4-9H,1-3H3,(H2,14,16). The lowest BCUT2D eigenvalue weighted by Gasteiger charge is -2.13. The summed E-state index contributed by atoms with van der Waals surface area (Å²) in [7, 11) is 0. The summed E-state index contributed by atoms with van der Waals surface area (Å²) in [5.74, 6) is 1.95. The number of nitrogens with zero attached hydrogens (tertiary/aromatic N) is 2. The van der Waals surface area contributed by atoms with Gasteiger partial charge in [0.1, 0.15) is 0 Å². The Morgan fingerprint density at radius 3 is 2.59 bits per heavy atom. The maximum absolute atomic E-state index is 5.87. The number of pyridine rings is 1. The second kappa shape index (κ2) is 4.57. The van der Waals surface area contributed by atoms with Gasteiger partial charge in [0.15, 0.2) is 11.6 Å². The van der Waals surface area contributed by atoms with Gasteiger partial charge in [0.2, 0.25) is 0 Å². The van der Waals surface area contributed by atoms with Gasteiger partial charge in [-0.05, 0) is 18.1 Å². The molecule has 0 aromatic carbocycles. The SMILES string of the molecule is CC(C)C(C)c1onc(N)c1-c1ccccn1. The number of hydrogen-bond acceptors (Lipinski definition) is 4. The Kier molecular flexibility index (Phi) is 3.13. The van der Waals surface area contributed by atoms with Gasteiger partial charge in [0, 0.05) is 12.1 Å². The van der Waals surface area contributed by atoms with E-state index < -0.39 is 0 Å². The summed E-state index contributed by atoms with van der Waals surface area (Å²) in [6.07, 6.45) is 1.74. The van der Waals surface area contributed by atoms with Gasteiger partial charge >= 0.3 is 0 Å². The molecule has 2 heterocycles. The summed E-state index contributed by atoms with van der Waals surface area (Å²) >= 11 is 0. The number of nitrogen functional groups attached to an aromatic ring is 1. The van der Waals surface area contributed by atoms with E-state index in [2.05, 4.69) is 30.9 Å². The van der Waals surface area contributed by atoms with Crippen LogP contribution in [0.3, 0.4) is 0 Å². The van der Waals surface area contributed by atoms with Gasteiger partial charge in [0.25, 0.3) is 0 Å². The first-order valence-corrected chi connectivity index (χ1v) is 5.77. The molecule has 0 spiro atoms. The Morgan fingerprint density at radius 1 is 1.24 bits per heavy atom. The Bertz CT molecular complexity index is 491. The van der Waals surface area contributed by atoms with Crippen molar-refractivity contribution in [3.8, 4) is 11.3 Å². The van der Waals surface area contributed by atoms with Crippen molar-refractivity contribution in [2.24, 2.45) is 5.92 Å². The van der Waals surface area contributed by atoms with Crippen LogP contribution in [0.2, 0.25) is 0 Å². The highest BCUT2D eigenvalue weighted by atomic mass is 16.5. The Morgan fingerprint density at radius 2 is 2.00 bits per heavy atom. The number of nitrogens with two attached hydrogens (primary N) is 1. The van der Waals surface area contributed by atoms with Gasteiger partial charge in [-0.25, -0.2) is 0 Å². The minimum atomic E-state index is 0.261. The van der Waals surface area contributed by atoms with Crippen LogP contribution in [0.5, 0.6) is 0 Å². The van der Waals surface area contributed by atoms with E-state index in [0.717, 1.165) is 17.0 Å². The third-order valence-corrected chi connectivity index (χ3v) is 3.08. The molecular weight excluding hydrogens is 214 g/mol. The summed E-state index contributed by atoms with van der Waals surface area (Å²) in [4.78, 5) is 4.30. The van der Waals surface area contributed by atoms with Crippen LogP contribution in [-0.4, -0.2) is 10.1 Å². The van der Waals surface area contributed by atoms with Gasteiger partial charge in [-0.1, -0.05) is 32.0 Å². The van der Waals surface area contributed by atoms with Crippen molar-refractivity contribution >= 4 is 5.82 Å². The Labute approximate surface area is 101 Å². The summed E-state index contributed by atoms with van der Waals surface area (Å²) in [6.45, 7) is 6.40. The summed E-state index contributed by atoms with van der Waals surface area (Å²) in [5.41, 5.74) is 7.51. The van der Waals surface area contributed by atoms with Crippen LogP contribution in [0.4, 0.5) is 5.82 Å². The lowest BCUT2D eigenvalue weighted by Crippen LogP contribution is -2.03. The van der Waals surface area contributed by atoms with E-state index in [1.54, 1.807) is 6.20 Å². The molecule has 0 fully saturated rings. The molecule has 2 aromatic rings. The summed E-state index contributed by atoms with van der Waals surface area (Å²) in [5, 5.41) is 3.86. The van der Waals surface area contributed by atoms with Crippen molar-refractivity contribution in [3.63, 3.8) is 0 Å². The molecular formula is C13H17N3O. The van der Waals surface area contributed by atoms with Crippen molar-refractivity contribution in [1.82, 2.24) is 10.1 Å². The normalized spacial score (nSPS) is 12.9. The van der Waals surface area contributed by atoms with Crippen molar-refractivity contribution in [2.45, 2.75) is 26.7 Å². The van der Waals surface area contributed by atoms with E-state index >= 15 is 0 Å². The van der Waals surface area contributed by atoms with Crippen molar-refractivity contribution in [1.29, 1.82) is 0 Å². The molecule has 1 unspecified atom stereocenters. The maximum atomic E-state index is 5.87. The second-order valence-electron chi connectivity index (χ2n) is 4.55. The molecule has 2 N–H and O–H groups in total. The predicted octanol–water partition coefficient (Wildman–Crippen LogP) is 3.08. The zero-order valence-electron chi connectivity index (χ0n) is 10.3. The number of anilines is 1. The molecule has 17 heavy (non-hydrogen) atoms. The van der Waals surface area contributed by atoms with Crippen LogP contribution in [0, 0.1) is 5.92 Å². The van der Waals surface area contributed by atoms with Crippen molar-refractivity contribution in [2.75, 3.05) is 5.73 Å². The highest BCUT2D eigenvalue weighted by molar-refractivity contribution is 5.73. The van der Waals surface area contributed by atoms with Crippen molar-refractivity contribution < 1.29 is 4.52 Å². The first-order chi connectivity index (χ1) is 8.11. The first kappa shape index (κ1) is 11.6. The molecule has 0 saturated carbocycles. The van der Waals surface area contributed by atoms with E-state index in [1.807, 2.05) is 18.2 Å². The molecule has 0 aliphatic carbocycles. The smallest absolute Gasteiger partial charge is 0.176 e. The second-order valence-corrected chi connectivity index (χ2v) is 4.55. The fourth-order valence-corrected chi connectivity index (χ4v) is 1.70. The lowest BCUT2D eigenvalue weighted by atomic mass is 9.92. The quantitative estimate of drug-likeness (QED) is 0.881. The van der Waals surface area contributed by atoms with Crippen LogP contribution in [0.25, 0.3) is 11.3 Å². The number of hydrogen-bond donors (Lipinski definition) is 1. The highest BCUT2D eigenvalue weighted by Gasteiger charge is 2.23. The fraction of sp³-hybridized carbons (Fsp3) is 0.385. The van der Waals surface area contributed by atoms with Gasteiger partial charge in [-0.2, -0.15) is 0 Å². The van der Waals surface area contributed by atoms with Crippen LogP contribution < -0.4 is 5.73 Å². The van der Waals surface area contributed by atoms with E-state index in [0.29, 0.717) is 11.7 Å². The van der Waals surface area contributed by atoms with E-state index in [1.165, 1.54) is 0 Å². The molecule has 4 nitrogen and oxygen atoms in total. The Hall–Kier alpha value is -1.84. The molecule has 2 aromatic heterocycles. The maximum Gasteiger partial charge on any atom is 0.176 e. The minimum Gasteiger partial charge on any atom is -0.380 e. The van der Waals surface area contributed by atoms with Crippen LogP contribution >= 0.6 is 0 Å². The van der Waals surface area contributed by atoms with E-state index in [-0.39, 0.29) is 5.92 Å². The van der Waals surface area contributed by atoms with Crippen molar-refractivity contribution in [3.05, 3.63) is 30.2 Å². The molecule has 0 radical (unpaired) electrons. The monoisotopic (exact) mass is 231 g/mol.